The minimum atomic E-state index is -0.777. The van der Waals surface area contributed by atoms with Gasteiger partial charge in [0.1, 0.15) is 23.1 Å². The van der Waals surface area contributed by atoms with Gasteiger partial charge in [0.25, 0.3) is 23.6 Å². The van der Waals surface area contributed by atoms with Crippen molar-refractivity contribution < 1.29 is 38.2 Å². The highest BCUT2D eigenvalue weighted by molar-refractivity contribution is 6.35. The number of aromatic nitrogens is 2. The van der Waals surface area contributed by atoms with Gasteiger partial charge in [-0.3, -0.25) is 19.2 Å². The van der Waals surface area contributed by atoms with Crippen LogP contribution in [0.4, 0.5) is 11.6 Å². The Hall–Kier alpha value is -6.82. The maximum atomic E-state index is 13.0. The zero-order chi connectivity index (χ0) is 31.9. The summed E-state index contributed by atoms with van der Waals surface area (Å²) in [5, 5.41) is 0. The molecular formula is C34H18N4O8. The van der Waals surface area contributed by atoms with E-state index in [1.807, 2.05) is 0 Å². The molecule has 0 atom stereocenters. The third-order valence-corrected chi connectivity index (χ3v) is 7.25. The molecule has 4 heterocycles. The number of benzene rings is 3. The Balaban J connectivity index is 1.02. The van der Waals surface area contributed by atoms with E-state index in [2.05, 4.69) is 9.97 Å². The number of carbonyl (C=O) groups is 6. The molecule has 7 rings (SSSR count). The normalized spacial score (nSPS) is 13.5. The second kappa shape index (κ2) is 11.0. The van der Waals surface area contributed by atoms with Crippen molar-refractivity contribution in [2.75, 3.05) is 9.80 Å². The Morgan fingerprint density at radius 3 is 1.24 bits per heavy atom. The van der Waals surface area contributed by atoms with Crippen molar-refractivity contribution >= 4 is 47.2 Å². The van der Waals surface area contributed by atoms with Gasteiger partial charge in [-0.15, -0.1) is 0 Å². The van der Waals surface area contributed by atoms with E-state index in [4.69, 9.17) is 9.47 Å². The standard InChI is InChI=1S/C34H18N4O8/c39-29-23-13-7-19(17-25(23)31(41)37(29)27-5-1-3-15-35-27)33(43)45-21-9-11-22(12-10-21)46-34(44)20-8-14-24-26(18-20)32(42)38(30(24)40)28-6-2-4-16-36-28/h1-18H. The molecule has 12 heteroatoms. The number of imide groups is 2. The maximum absolute atomic E-state index is 13.0. The molecule has 2 aromatic heterocycles. The van der Waals surface area contributed by atoms with E-state index >= 15 is 0 Å². The molecule has 0 N–H and O–H groups in total. The number of ether oxygens (including phenoxy) is 2. The Morgan fingerprint density at radius 2 is 0.870 bits per heavy atom. The van der Waals surface area contributed by atoms with Crippen LogP contribution in [-0.4, -0.2) is 45.5 Å². The van der Waals surface area contributed by atoms with Crippen LogP contribution >= 0.6 is 0 Å². The molecule has 0 bridgehead atoms. The van der Waals surface area contributed by atoms with Crippen molar-refractivity contribution in [3.8, 4) is 11.5 Å². The number of anilines is 2. The summed E-state index contributed by atoms with van der Waals surface area (Å²) in [7, 11) is 0. The molecule has 0 spiro atoms. The fourth-order valence-electron chi connectivity index (χ4n) is 5.03. The second-order valence-corrected chi connectivity index (χ2v) is 10.0. The van der Waals surface area contributed by atoms with Gasteiger partial charge in [0.15, 0.2) is 0 Å². The fourth-order valence-corrected chi connectivity index (χ4v) is 5.03. The summed E-state index contributed by atoms with van der Waals surface area (Å²) in [5.41, 5.74) is 0.476. The molecule has 0 radical (unpaired) electrons. The van der Waals surface area contributed by atoms with Crippen molar-refractivity contribution in [3.05, 3.63) is 143 Å². The molecule has 2 aliphatic heterocycles. The van der Waals surface area contributed by atoms with Gasteiger partial charge in [-0.25, -0.2) is 29.4 Å². The van der Waals surface area contributed by atoms with E-state index in [9.17, 15) is 28.8 Å². The zero-order valence-corrected chi connectivity index (χ0v) is 23.4. The lowest BCUT2D eigenvalue weighted by molar-refractivity contribution is 0.0719. The molecule has 0 unspecified atom stereocenters. The molecule has 46 heavy (non-hydrogen) atoms. The first-order valence-electron chi connectivity index (χ1n) is 13.7. The lowest BCUT2D eigenvalue weighted by Gasteiger charge is -2.11. The van der Waals surface area contributed by atoms with E-state index in [-0.39, 0.29) is 56.5 Å². The van der Waals surface area contributed by atoms with Gasteiger partial charge in [0.2, 0.25) is 0 Å². The molecule has 0 fully saturated rings. The molecule has 3 aromatic carbocycles. The van der Waals surface area contributed by atoms with E-state index in [1.165, 1.54) is 85.2 Å². The minimum Gasteiger partial charge on any atom is -0.423 e. The largest absolute Gasteiger partial charge is 0.423 e. The van der Waals surface area contributed by atoms with Crippen molar-refractivity contribution in [2.24, 2.45) is 0 Å². The molecule has 0 aliphatic carbocycles. The molecule has 12 nitrogen and oxygen atoms in total. The highest BCUT2D eigenvalue weighted by Gasteiger charge is 2.39. The minimum absolute atomic E-state index is 0.0459. The highest BCUT2D eigenvalue weighted by Crippen LogP contribution is 2.30. The van der Waals surface area contributed by atoms with Crippen molar-refractivity contribution in [3.63, 3.8) is 0 Å². The second-order valence-electron chi connectivity index (χ2n) is 10.0. The number of esters is 2. The van der Waals surface area contributed by atoms with Gasteiger partial charge >= 0.3 is 11.9 Å². The molecule has 4 amide bonds. The number of hydrogen-bond donors (Lipinski definition) is 0. The van der Waals surface area contributed by atoms with Crippen LogP contribution in [0.1, 0.15) is 62.1 Å². The first-order valence-corrected chi connectivity index (χ1v) is 13.7. The molecule has 2 aliphatic rings. The van der Waals surface area contributed by atoms with Crippen molar-refractivity contribution in [2.45, 2.75) is 0 Å². The third kappa shape index (κ3) is 4.75. The van der Waals surface area contributed by atoms with Crippen molar-refractivity contribution in [1.29, 1.82) is 0 Å². The molecule has 0 saturated carbocycles. The monoisotopic (exact) mass is 610 g/mol. The van der Waals surface area contributed by atoms with Crippen molar-refractivity contribution in [1.82, 2.24) is 9.97 Å². The number of hydrogen-bond acceptors (Lipinski definition) is 10. The maximum Gasteiger partial charge on any atom is 0.343 e. The van der Waals surface area contributed by atoms with Gasteiger partial charge in [0.05, 0.1) is 33.4 Å². The highest BCUT2D eigenvalue weighted by atomic mass is 16.5. The number of carbonyl (C=O) groups excluding carboxylic acids is 6. The summed E-state index contributed by atoms with van der Waals surface area (Å²) in [4.78, 5) is 87.3. The van der Waals surface area contributed by atoms with Gasteiger partial charge in [-0.1, -0.05) is 12.1 Å². The van der Waals surface area contributed by atoms with E-state index in [0.29, 0.717) is 0 Å². The first-order chi connectivity index (χ1) is 22.3. The van der Waals surface area contributed by atoms with Crippen LogP contribution in [-0.2, 0) is 0 Å². The topological polar surface area (TPSA) is 153 Å². The molecule has 0 saturated heterocycles. The quantitative estimate of drug-likeness (QED) is 0.152. The number of nitrogens with zero attached hydrogens (tertiary/aromatic N) is 4. The molecule has 5 aromatic rings. The number of pyridine rings is 2. The van der Waals surface area contributed by atoms with Gasteiger partial charge in [-0.2, -0.15) is 0 Å². The Morgan fingerprint density at radius 1 is 0.478 bits per heavy atom. The van der Waals surface area contributed by atoms with Crippen LogP contribution in [0.3, 0.4) is 0 Å². The van der Waals surface area contributed by atoms with Gasteiger partial charge in [0, 0.05) is 12.4 Å². The van der Waals surface area contributed by atoms with E-state index in [1.54, 1.807) is 24.3 Å². The average Bonchev–Trinajstić information content (AvgIpc) is 3.49. The molecular weight excluding hydrogens is 592 g/mol. The third-order valence-electron chi connectivity index (χ3n) is 7.25. The zero-order valence-electron chi connectivity index (χ0n) is 23.4. The Kier molecular flexibility index (Phi) is 6.71. The van der Waals surface area contributed by atoms with Gasteiger partial charge in [-0.05, 0) is 84.9 Å². The summed E-state index contributed by atoms with van der Waals surface area (Å²) >= 11 is 0. The SMILES string of the molecule is O=C(Oc1ccc(OC(=O)c2ccc3c(c2)C(=O)N(c2ccccn2)C3=O)cc1)c1ccc2c(c1)C(=O)N(c1ccccn1)C2=O. The fraction of sp³-hybridized carbons (Fsp3) is 0. The smallest absolute Gasteiger partial charge is 0.343 e. The number of rotatable bonds is 6. The summed E-state index contributed by atoms with van der Waals surface area (Å²) in [6.45, 7) is 0. The van der Waals surface area contributed by atoms with Crippen LogP contribution in [0.2, 0.25) is 0 Å². The predicted molar refractivity (Wildman–Crippen MR) is 160 cm³/mol. The van der Waals surface area contributed by atoms with Crippen LogP contribution < -0.4 is 19.3 Å². The number of fused-ring (bicyclic) bond motifs is 2. The molecule has 222 valence electrons. The average molecular weight is 611 g/mol. The van der Waals surface area contributed by atoms with Crippen LogP contribution in [0.25, 0.3) is 0 Å². The summed E-state index contributed by atoms with van der Waals surface area (Å²) in [6.07, 6.45) is 2.92. The lowest BCUT2D eigenvalue weighted by Crippen LogP contribution is -2.30. The Labute approximate surface area is 259 Å². The lowest BCUT2D eigenvalue weighted by atomic mass is 10.1. The number of amides is 4. The van der Waals surface area contributed by atoms with E-state index in [0.717, 1.165) is 9.80 Å². The van der Waals surface area contributed by atoms with Gasteiger partial charge < -0.3 is 9.47 Å². The van der Waals surface area contributed by atoms with Crippen LogP contribution in [0.15, 0.2) is 109 Å². The van der Waals surface area contributed by atoms with Crippen LogP contribution in [0, 0.1) is 0 Å². The predicted octanol–water partition coefficient (Wildman–Crippen LogP) is 4.52. The Bertz CT molecular complexity index is 1960. The first kappa shape index (κ1) is 28.0. The summed E-state index contributed by atoms with van der Waals surface area (Å²) < 4.78 is 10.8. The summed E-state index contributed by atoms with van der Waals surface area (Å²) in [6, 6.07) is 23.4. The summed E-state index contributed by atoms with van der Waals surface area (Å²) in [5.74, 6) is -3.27. The van der Waals surface area contributed by atoms with E-state index < -0.39 is 35.6 Å². The van der Waals surface area contributed by atoms with Crippen LogP contribution in [0.5, 0.6) is 11.5 Å².